The van der Waals surface area contributed by atoms with Crippen LogP contribution >= 0.6 is 0 Å². The number of ether oxygens (including phenoxy) is 2. The first kappa shape index (κ1) is 23.1. The molecule has 0 saturated heterocycles. The van der Waals surface area contributed by atoms with Crippen LogP contribution in [-0.4, -0.2) is 58.8 Å². The largest absolute Gasteiger partial charge is 0.458 e. The van der Waals surface area contributed by atoms with Gasteiger partial charge in [-0.15, -0.1) is 0 Å². The standard InChI is InChI=1S/C20H27N3O7/c1-4-28-19(25)17(20(26)29-5-2)23(27)30-16-12-7-6-10-14(16)22-18(24)15-11-8-9-13(3)21-15/h8-9,11,14,16H,4-7,10,12H2,1-3H3,(H,22,24)/t14-,16?/m0/s1. The van der Waals surface area contributed by atoms with Crippen molar-refractivity contribution in [2.75, 3.05) is 13.2 Å². The lowest BCUT2D eigenvalue weighted by Crippen LogP contribution is -2.48. The highest BCUT2D eigenvalue weighted by atomic mass is 16.9. The number of pyridine rings is 1. The van der Waals surface area contributed by atoms with Gasteiger partial charge in [-0.1, -0.05) is 18.9 Å². The summed E-state index contributed by atoms with van der Waals surface area (Å²) in [5.74, 6) is -2.66. The third kappa shape index (κ3) is 6.16. The molecular weight excluding hydrogens is 394 g/mol. The summed E-state index contributed by atoms with van der Waals surface area (Å²) in [5.41, 5.74) is 0.0613. The van der Waals surface area contributed by atoms with E-state index in [4.69, 9.17) is 14.3 Å². The molecule has 2 atom stereocenters. The van der Waals surface area contributed by atoms with Gasteiger partial charge in [0.2, 0.25) is 0 Å². The lowest BCUT2D eigenvalue weighted by molar-refractivity contribution is -0.753. The van der Waals surface area contributed by atoms with Crippen LogP contribution in [0, 0.1) is 12.1 Å². The number of carbonyl (C=O) groups is 3. The minimum absolute atomic E-state index is 0.0266. The molecule has 0 aromatic carbocycles. The number of rotatable bonds is 8. The summed E-state index contributed by atoms with van der Waals surface area (Å²) >= 11 is 0. The number of esters is 2. The molecule has 10 nitrogen and oxygen atoms in total. The maximum atomic E-state index is 12.5. The van der Waals surface area contributed by atoms with E-state index < -0.39 is 35.7 Å². The van der Waals surface area contributed by atoms with Crippen molar-refractivity contribution >= 4 is 23.6 Å². The molecule has 0 spiro atoms. The van der Waals surface area contributed by atoms with Gasteiger partial charge in [0.05, 0.1) is 24.2 Å². The van der Waals surface area contributed by atoms with E-state index in [1.165, 1.54) is 0 Å². The van der Waals surface area contributed by atoms with Crippen molar-refractivity contribution in [1.82, 2.24) is 10.3 Å². The van der Waals surface area contributed by atoms with Gasteiger partial charge < -0.3 is 19.6 Å². The quantitative estimate of drug-likeness (QED) is 0.219. The van der Waals surface area contributed by atoms with E-state index in [0.717, 1.165) is 12.8 Å². The summed E-state index contributed by atoms with van der Waals surface area (Å²) in [7, 11) is 0. The Hall–Kier alpha value is -3.17. The number of aryl methyl sites for hydroxylation is 1. The molecule has 1 aromatic rings. The topological polar surface area (TPSA) is 130 Å². The average molecular weight is 421 g/mol. The molecule has 0 aliphatic heterocycles. The third-order valence-electron chi connectivity index (χ3n) is 4.49. The van der Waals surface area contributed by atoms with Gasteiger partial charge in [0.15, 0.2) is 0 Å². The summed E-state index contributed by atoms with van der Waals surface area (Å²) in [5, 5.41) is 15.4. The highest BCUT2D eigenvalue weighted by Gasteiger charge is 2.37. The number of amides is 1. The van der Waals surface area contributed by atoms with Crippen LogP contribution in [0.3, 0.4) is 0 Å². The fourth-order valence-corrected chi connectivity index (χ4v) is 3.11. The van der Waals surface area contributed by atoms with Crippen molar-refractivity contribution in [2.45, 2.75) is 58.6 Å². The van der Waals surface area contributed by atoms with E-state index in [0.29, 0.717) is 18.5 Å². The number of nitrogens with one attached hydrogen (secondary N) is 1. The number of carbonyl (C=O) groups excluding carboxylic acids is 3. The van der Waals surface area contributed by atoms with Gasteiger partial charge in [-0.2, -0.15) is 0 Å². The van der Waals surface area contributed by atoms with Crippen molar-refractivity contribution in [1.29, 1.82) is 0 Å². The zero-order valence-electron chi connectivity index (χ0n) is 17.4. The molecule has 10 heteroatoms. The first-order valence-electron chi connectivity index (χ1n) is 9.97. The maximum absolute atomic E-state index is 12.5. The SMILES string of the molecule is CCOC(=O)C(C(=O)OCC)=[N+]([O-])OC1CCCC[C@@H]1NC(=O)c1cccc(C)n1. The normalized spacial score (nSPS) is 18.1. The molecule has 30 heavy (non-hydrogen) atoms. The first-order valence-corrected chi connectivity index (χ1v) is 9.97. The second-order valence-corrected chi connectivity index (χ2v) is 6.72. The van der Waals surface area contributed by atoms with Gasteiger partial charge in [0, 0.05) is 11.7 Å². The molecular formula is C20H27N3O7. The van der Waals surface area contributed by atoms with E-state index in [1.807, 2.05) is 0 Å². The summed E-state index contributed by atoms with van der Waals surface area (Å²) in [6.45, 7) is 4.81. The van der Waals surface area contributed by atoms with E-state index >= 15 is 0 Å². The summed E-state index contributed by atoms with van der Waals surface area (Å²) in [6, 6.07) is 4.61. The first-order chi connectivity index (χ1) is 14.4. The monoisotopic (exact) mass is 421 g/mol. The van der Waals surface area contributed by atoms with Crippen LogP contribution in [0.4, 0.5) is 0 Å². The molecule has 1 heterocycles. The molecule has 1 aliphatic carbocycles. The van der Waals surface area contributed by atoms with Crippen LogP contribution in [0.15, 0.2) is 18.2 Å². The minimum atomic E-state index is -1.13. The third-order valence-corrected chi connectivity index (χ3v) is 4.49. The van der Waals surface area contributed by atoms with Gasteiger partial charge in [-0.3, -0.25) is 10.0 Å². The molecule has 1 fully saturated rings. The predicted octanol–water partition coefficient (Wildman–Crippen LogP) is 1.44. The number of aromatic nitrogens is 1. The molecule has 1 unspecified atom stereocenters. The Balaban J connectivity index is 2.19. The van der Waals surface area contributed by atoms with Crippen LogP contribution in [0.1, 0.15) is 55.7 Å². The Kier molecular flexibility index (Phi) is 8.57. The zero-order valence-corrected chi connectivity index (χ0v) is 17.4. The number of hydrogen-bond acceptors (Lipinski definition) is 8. The highest BCUT2D eigenvalue weighted by Crippen LogP contribution is 2.22. The van der Waals surface area contributed by atoms with Crippen molar-refractivity contribution < 1.29 is 33.6 Å². The van der Waals surface area contributed by atoms with Crippen LogP contribution in [-0.2, 0) is 23.9 Å². The van der Waals surface area contributed by atoms with Crippen LogP contribution in [0.25, 0.3) is 0 Å². The molecule has 0 radical (unpaired) electrons. The highest BCUT2D eigenvalue weighted by molar-refractivity contribution is 6.60. The Bertz CT molecular complexity index is 789. The van der Waals surface area contributed by atoms with Crippen molar-refractivity contribution in [3.63, 3.8) is 0 Å². The van der Waals surface area contributed by atoms with Gasteiger partial charge in [0.1, 0.15) is 5.69 Å². The van der Waals surface area contributed by atoms with Crippen LogP contribution in [0.2, 0.25) is 0 Å². The Morgan fingerprint density at radius 2 is 1.77 bits per heavy atom. The van der Waals surface area contributed by atoms with Crippen molar-refractivity contribution in [2.24, 2.45) is 0 Å². The maximum Gasteiger partial charge on any atom is 0.435 e. The van der Waals surface area contributed by atoms with E-state index in [1.54, 1.807) is 39.0 Å². The lowest BCUT2D eigenvalue weighted by atomic mass is 9.92. The Morgan fingerprint density at radius 3 is 2.37 bits per heavy atom. The molecule has 1 aliphatic rings. The molecule has 0 bridgehead atoms. The summed E-state index contributed by atoms with van der Waals surface area (Å²) < 4.78 is 9.53. The second-order valence-electron chi connectivity index (χ2n) is 6.72. The zero-order chi connectivity index (χ0) is 22.1. The summed E-state index contributed by atoms with van der Waals surface area (Å²) in [6.07, 6.45) is 1.90. The fraction of sp³-hybridized carbons (Fsp3) is 0.550. The molecule has 1 aromatic heterocycles. The van der Waals surface area contributed by atoms with Gasteiger partial charge in [-0.25, -0.2) is 14.6 Å². The van der Waals surface area contributed by atoms with E-state index in [2.05, 4.69) is 10.3 Å². The Labute approximate surface area is 174 Å². The average Bonchev–Trinajstić information content (AvgIpc) is 2.70. The van der Waals surface area contributed by atoms with Crippen molar-refractivity contribution in [3.8, 4) is 0 Å². The van der Waals surface area contributed by atoms with E-state index in [9.17, 15) is 19.6 Å². The van der Waals surface area contributed by atoms with Crippen LogP contribution in [0.5, 0.6) is 0 Å². The molecule has 2 rings (SSSR count). The predicted molar refractivity (Wildman–Crippen MR) is 105 cm³/mol. The second kappa shape index (κ2) is 11.1. The van der Waals surface area contributed by atoms with Gasteiger partial charge >= 0.3 is 17.7 Å². The minimum Gasteiger partial charge on any atom is -0.458 e. The molecule has 164 valence electrons. The number of hydrogen-bond donors (Lipinski definition) is 1. The van der Waals surface area contributed by atoms with E-state index in [-0.39, 0.29) is 23.8 Å². The van der Waals surface area contributed by atoms with Gasteiger partial charge in [-0.05, 0) is 45.7 Å². The van der Waals surface area contributed by atoms with Crippen LogP contribution < -0.4 is 5.32 Å². The Morgan fingerprint density at radius 1 is 1.13 bits per heavy atom. The molecule has 1 N–H and O–H groups in total. The number of nitrogens with zero attached hydrogens (tertiary/aromatic N) is 2. The summed E-state index contributed by atoms with van der Waals surface area (Å²) in [4.78, 5) is 46.1. The lowest BCUT2D eigenvalue weighted by Gasteiger charge is -2.33. The molecule has 1 saturated carbocycles. The van der Waals surface area contributed by atoms with Crippen molar-refractivity contribution in [3.05, 3.63) is 34.8 Å². The fourth-order valence-electron chi connectivity index (χ4n) is 3.11. The smallest absolute Gasteiger partial charge is 0.435 e. The van der Waals surface area contributed by atoms with Gasteiger partial charge in [0.25, 0.3) is 5.91 Å². The molecule has 1 amide bonds.